The van der Waals surface area contributed by atoms with Crippen molar-refractivity contribution in [1.82, 2.24) is 10.1 Å². The van der Waals surface area contributed by atoms with Crippen LogP contribution in [0.2, 0.25) is 0 Å². The van der Waals surface area contributed by atoms with Gasteiger partial charge in [0.1, 0.15) is 5.76 Å². The molecule has 1 saturated heterocycles. The van der Waals surface area contributed by atoms with Gasteiger partial charge in [0.15, 0.2) is 5.69 Å². The van der Waals surface area contributed by atoms with Crippen LogP contribution in [0, 0.1) is 0 Å². The number of rotatable bonds is 3. The molecule has 2 heterocycles. The quantitative estimate of drug-likeness (QED) is 0.864. The Balaban J connectivity index is 1.38. The summed E-state index contributed by atoms with van der Waals surface area (Å²) in [7, 11) is 0. The van der Waals surface area contributed by atoms with Gasteiger partial charge in [0.25, 0.3) is 5.91 Å². The highest BCUT2D eigenvalue weighted by atomic mass is 16.5. The third-order valence-corrected chi connectivity index (χ3v) is 4.59. The van der Waals surface area contributed by atoms with Crippen LogP contribution in [0.5, 0.6) is 0 Å². The highest BCUT2D eigenvalue weighted by molar-refractivity contribution is 5.92. The number of carbonyl (C=O) groups excluding carboxylic acids is 1. The second-order valence-corrected chi connectivity index (χ2v) is 6.39. The lowest BCUT2D eigenvalue weighted by molar-refractivity contribution is 0.0733. The zero-order chi connectivity index (χ0) is 15.6. The SMILES string of the molecule is O=C(c1cc(C2CC2)on1)N1CCC(=Cc2ccccc2)CC1. The fraction of sp³-hybridized carbons (Fsp3) is 0.368. The standard InChI is InChI=1S/C19H20N2O2/c22-19(17-13-18(23-20-17)16-6-7-16)21-10-8-15(9-11-21)12-14-4-2-1-3-5-14/h1-5,12-13,16H,6-11H2. The Labute approximate surface area is 135 Å². The number of amides is 1. The van der Waals surface area contributed by atoms with Crippen LogP contribution in [-0.2, 0) is 0 Å². The van der Waals surface area contributed by atoms with E-state index in [9.17, 15) is 4.79 Å². The molecule has 1 aromatic carbocycles. The van der Waals surface area contributed by atoms with Gasteiger partial charge in [0.2, 0.25) is 0 Å². The van der Waals surface area contributed by atoms with Crippen LogP contribution in [0.3, 0.4) is 0 Å². The van der Waals surface area contributed by atoms with E-state index < -0.39 is 0 Å². The Kier molecular flexibility index (Phi) is 3.74. The second-order valence-electron chi connectivity index (χ2n) is 6.39. The molecule has 0 unspecified atom stereocenters. The van der Waals surface area contributed by atoms with E-state index in [-0.39, 0.29) is 5.91 Å². The van der Waals surface area contributed by atoms with Gasteiger partial charge in [-0.1, -0.05) is 47.1 Å². The molecule has 118 valence electrons. The minimum atomic E-state index is -0.000545. The van der Waals surface area contributed by atoms with Crippen molar-refractivity contribution in [3.63, 3.8) is 0 Å². The van der Waals surface area contributed by atoms with Gasteiger partial charge in [-0.05, 0) is 31.2 Å². The number of aromatic nitrogens is 1. The molecule has 1 aliphatic heterocycles. The predicted octanol–water partition coefficient (Wildman–Crippen LogP) is 3.87. The smallest absolute Gasteiger partial charge is 0.276 e. The normalized spacial score (nSPS) is 18.1. The van der Waals surface area contributed by atoms with Crippen LogP contribution >= 0.6 is 0 Å². The first-order chi connectivity index (χ1) is 11.3. The average Bonchev–Trinajstić information content (AvgIpc) is 3.33. The van der Waals surface area contributed by atoms with Gasteiger partial charge < -0.3 is 9.42 Å². The van der Waals surface area contributed by atoms with Crippen LogP contribution in [0.25, 0.3) is 6.08 Å². The molecule has 2 aliphatic rings. The average molecular weight is 308 g/mol. The number of likely N-dealkylation sites (tertiary alicyclic amines) is 1. The maximum absolute atomic E-state index is 12.5. The lowest BCUT2D eigenvalue weighted by Gasteiger charge is -2.27. The Morgan fingerprint density at radius 2 is 1.91 bits per heavy atom. The van der Waals surface area contributed by atoms with Crippen molar-refractivity contribution in [2.24, 2.45) is 0 Å². The van der Waals surface area contributed by atoms with Crippen molar-refractivity contribution in [3.05, 3.63) is 59.0 Å². The van der Waals surface area contributed by atoms with E-state index in [1.807, 2.05) is 29.2 Å². The number of hydrogen-bond acceptors (Lipinski definition) is 3. The van der Waals surface area contributed by atoms with Crippen LogP contribution in [-0.4, -0.2) is 29.1 Å². The molecule has 1 aliphatic carbocycles. The molecule has 4 heteroatoms. The Morgan fingerprint density at radius 3 is 2.61 bits per heavy atom. The fourth-order valence-electron chi connectivity index (χ4n) is 3.04. The van der Waals surface area contributed by atoms with Crippen LogP contribution in [0.4, 0.5) is 0 Å². The summed E-state index contributed by atoms with van der Waals surface area (Å²) in [6.45, 7) is 1.51. The minimum absolute atomic E-state index is 0.000545. The lowest BCUT2D eigenvalue weighted by atomic mass is 10.0. The molecule has 0 spiro atoms. The molecule has 1 saturated carbocycles. The van der Waals surface area contributed by atoms with E-state index in [2.05, 4.69) is 23.4 Å². The fourth-order valence-corrected chi connectivity index (χ4v) is 3.04. The summed E-state index contributed by atoms with van der Waals surface area (Å²) in [6, 6.07) is 12.2. The monoisotopic (exact) mass is 308 g/mol. The molecule has 2 fully saturated rings. The first kappa shape index (κ1) is 14.2. The summed E-state index contributed by atoms with van der Waals surface area (Å²) in [5.41, 5.74) is 3.09. The van der Waals surface area contributed by atoms with Crippen molar-refractivity contribution in [2.45, 2.75) is 31.6 Å². The summed E-state index contributed by atoms with van der Waals surface area (Å²) >= 11 is 0. The summed E-state index contributed by atoms with van der Waals surface area (Å²) in [5.74, 6) is 1.36. The largest absolute Gasteiger partial charge is 0.360 e. The van der Waals surface area contributed by atoms with Crippen molar-refractivity contribution in [1.29, 1.82) is 0 Å². The van der Waals surface area contributed by atoms with E-state index >= 15 is 0 Å². The summed E-state index contributed by atoms with van der Waals surface area (Å²) < 4.78 is 5.29. The molecule has 0 N–H and O–H groups in total. The first-order valence-corrected chi connectivity index (χ1v) is 8.30. The molecule has 23 heavy (non-hydrogen) atoms. The van der Waals surface area contributed by atoms with Crippen molar-refractivity contribution in [2.75, 3.05) is 13.1 Å². The third kappa shape index (κ3) is 3.21. The van der Waals surface area contributed by atoms with Crippen molar-refractivity contribution in [3.8, 4) is 0 Å². The number of piperidine rings is 1. The second kappa shape index (κ2) is 6.03. The summed E-state index contributed by atoms with van der Waals surface area (Å²) in [5, 5.41) is 3.96. The molecule has 4 rings (SSSR count). The van der Waals surface area contributed by atoms with E-state index in [1.54, 1.807) is 0 Å². The first-order valence-electron chi connectivity index (χ1n) is 8.30. The van der Waals surface area contributed by atoms with E-state index in [1.165, 1.54) is 11.1 Å². The molecular weight excluding hydrogens is 288 g/mol. The minimum Gasteiger partial charge on any atom is -0.360 e. The number of benzene rings is 1. The molecular formula is C19H20N2O2. The zero-order valence-electron chi connectivity index (χ0n) is 13.1. The van der Waals surface area contributed by atoms with Gasteiger partial charge in [-0.2, -0.15) is 0 Å². The Hall–Kier alpha value is -2.36. The number of hydrogen-bond donors (Lipinski definition) is 0. The third-order valence-electron chi connectivity index (χ3n) is 4.59. The van der Waals surface area contributed by atoms with E-state index in [0.29, 0.717) is 11.6 Å². The highest BCUT2D eigenvalue weighted by Crippen LogP contribution is 2.40. The van der Waals surface area contributed by atoms with Crippen LogP contribution < -0.4 is 0 Å². The van der Waals surface area contributed by atoms with Gasteiger partial charge in [-0.15, -0.1) is 0 Å². The van der Waals surface area contributed by atoms with Crippen LogP contribution in [0.1, 0.15) is 53.4 Å². The molecule has 1 aromatic heterocycles. The number of nitrogens with zero attached hydrogens (tertiary/aromatic N) is 2. The van der Waals surface area contributed by atoms with E-state index in [0.717, 1.165) is 44.5 Å². The van der Waals surface area contributed by atoms with Gasteiger partial charge in [0.05, 0.1) is 0 Å². The maximum Gasteiger partial charge on any atom is 0.276 e. The topological polar surface area (TPSA) is 46.3 Å². The molecule has 4 nitrogen and oxygen atoms in total. The maximum atomic E-state index is 12.5. The Bertz CT molecular complexity index is 719. The lowest BCUT2D eigenvalue weighted by Crippen LogP contribution is -2.36. The molecule has 0 radical (unpaired) electrons. The van der Waals surface area contributed by atoms with Crippen molar-refractivity contribution < 1.29 is 9.32 Å². The van der Waals surface area contributed by atoms with Crippen molar-refractivity contribution >= 4 is 12.0 Å². The Morgan fingerprint density at radius 1 is 1.17 bits per heavy atom. The number of carbonyl (C=O) groups is 1. The molecule has 0 bridgehead atoms. The predicted molar refractivity (Wildman–Crippen MR) is 88.0 cm³/mol. The molecule has 0 atom stereocenters. The molecule has 2 aromatic rings. The van der Waals surface area contributed by atoms with Gasteiger partial charge in [-0.3, -0.25) is 4.79 Å². The van der Waals surface area contributed by atoms with Crippen LogP contribution in [0.15, 0.2) is 46.5 Å². The van der Waals surface area contributed by atoms with Gasteiger partial charge in [0, 0.05) is 25.1 Å². The van der Waals surface area contributed by atoms with Gasteiger partial charge in [-0.25, -0.2) is 0 Å². The summed E-state index contributed by atoms with van der Waals surface area (Å²) in [4.78, 5) is 14.4. The van der Waals surface area contributed by atoms with Gasteiger partial charge >= 0.3 is 0 Å². The molecule has 1 amide bonds. The summed E-state index contributed by atoms with van der Waals surface area (Å²) in [6.07, 6.45) is 6.39. The highest BCUT2D eigenvalue weighted by Gasteiger charge is 2.30. The zero-order valence-corrected chi connectivity index (χ0v) is 13.1. The van der Waals surface area contributed by atoms with E-state index in [4.69, 9.17) is 4.52 Å².